The number of hydrogen-bond acceptors (Lipinski definition) is 4. The molecule has 2 rings (SSSR count). The summed E-state index contributed by atoms with van der Waals surface area (Å²) in [6, 6.07) is 5.34. The molecule has 0 bridgehead atoms. The molecule has 0 radical (unpaired) electrons. The summed E-state index contributed by atoms with van der Waals surface area (Å²) in [5, 5.41) is 4.95. The zero-order valence-electron chi connectivity index (χ0n) is 13.6. The summed E-state index contributed by atoms with van der Waals surface area (Å²) in [5.41, 5.74) is -0.653. The number of amides is 1. The Kier molecular flexibility index (Phi) is 6.35. The van der Waals surface area contributed by atoms with Crippen molar-refractivity contribution in [2.75, 3.05) is 25.5 Å². The first-order chi connectivity index (χ1) is 12.2. The van der Waals surface area contributed by atoms with Crippen molar-refractivity contribution in [1.29, 1.82) is 0 Å². The van der Waals surface area contributed by atoms with E-state index < -0.39 is 38.9 Å². The van der Waals surface area contributed by atoms with Crippen molar-refractivity contribution in [3.8, 4) is 0 Å². The highest BCUT2D eigenvalue weighted by molar-refractivity contribution is 7.89. The van der Waals surface area contributed by atoms with Crippen molar-refractivity contribution in [3.63, 3.8) is 0 Å². The molecule has 0 aliphatic rings. The van der Waals surface area contributed by atoms with Crippen molar-refractivity contribution in [3.05, 3.63) is 59.4 Å². The van der Waals surface area contributed by atoms with Gasteiger partial charge in [-0.1, -0.05) is 0 Å². The van der Waals surface area contributed by atoms with Gasteiger partial charge in [0.15, 0.2) is 11.6 Å². The van der Waals surface area contributed by atoms with Gasteiger partial charge in [-0.3, -0.25) is 4.79 Å². The predicted octanol–water partition coefficient (Wildman–Crippen LogP) is 1.85. The third kappa shape index (κ3) is 4.81. The van der Waals surface area contributed by atoms with E-state index in [1.807, 2.05) is 0 Å². The molecule has 0 heterocycles. The standard InChI is InChI=1S/C16H16F3N3O3S/c1-20-6-7-21-26(24,25)11-3-5-13(17)12(9-11)16(23)22-10-2-4-14(18)15(19)8-10/h2-5,8-9,20-21H,6-7H2,1H3,(H,22,23). The maximum atomic E-state index is 13.9. The lowest BCUT2D eigenvalue weighted by molar-refractivity contribution is 0.102. The van der Waals surface area contributed by atoms with Crippen LogP contribution in [0.15, 0.2) is 41.3 Å². The molecule has 0 saturated heterocycles. The summed E-state index contributed by atoms with van der Waals surface area (Å²) in [4.78, 5) is 11.9. The van der Waals surface area contributed by atoms with Gasteiger partial charge in [-0.15, -0.1) is 0 Å². The lowest BCUT2D eigenvalue weighted by Crippen LogP contribution is -2.30. The number of benzene rings is 2. The van der Waals surface area contributed by atoms with Crippen molar-refractivity contribution >= 4 is 21.6 Å². The minimum absolute atomic E-state index is 0.103. The molecule has 10 heteroatoms. The van der Waals surface area contributed by atoms with Crippen molar-refractivity contribution in [1.82, 2.24) is 10.0 Å². The van der Waals surface area contributed by atoms with Gasteiger partial charge in [0.05, 0.1) is 10.5 Å². The van der Waals surface area contributed by atoms with E-state index in [0.717, 1.165) is 36.4 Å². The fourth-order valence-corrected chi connectivity index (χ4v) is 3.07. The van der Waals surface area contributed by atoms with Crippen LogP contribution in [-0.4, -0.2) is 34.5 Å². The molecule has 0 spiro atoms. The van der Waals surface area contributed by atoms with E-state index in [1.165, 1.54) is 0 Å². The second-order valence-corrected chi connectivity index (χ2v) is 6.99. The number of halogens is 3. The van der Waals surface area contributed by atoms with Crippen molar-refractivity contribution in [2.45, 2.75) is 4.90 Å². The second kappa shape index (κ2) is 8.30. The first-order valence-electron chi connectivity index (χ1n) is 7.45. The molecule has 0 aromatic heterocycles. The largest absolute Gasteiger partial charge is 0.322 e. The maximum Gasteiger partial charge on any atom is 0.258 e. The Labute approximate surface area is 148 Å². The number of rotatable bonds is 7. The Morgan fingerprint density at radius 3 is 2.31 bits per heavy atom. The van der Waals surface area contributed by atoms with Crippen LogP contribution in [0.4, 0.5) is 18.9 Å². The van der Waals surface area contributed by atoms with E-state index in [4.69, 9.17) is 0 Å². The molecule has 3 N–H and O–H groups in total. The average molecular weight is 387 g/mol. The molecule has 26 heavy (non-hydrogen) atoms. The van der Waals surface area contributed by atoms with Crippen LogP contribution < -0.4 is 15.4 Å². The normalized spacial score (nSPS) is 11.4. The van der Waals surface area contributed by atoms with Crippen LogP contribution >= 0.6 is 0 Å². The second-order valence-electron chi connectivity index (χ2n) is 5.23. The fraction of sp³-hybridized carbons (Fsp3) is 0.188. The summed E-state index contributed by atoms with van der Waals surface area (Å²) in [6.07, 6.45) is 0. The molecule has 0 unspecified atom stereocenters. The maximum absolute atomic E-state index is 13.9. The third-order valence-electron chi connectivity index (χ3n) is 3.34. The van der Waals surface area contributed by atoms with Crippen LogP contribution in [-0.2, 0) is 10.0 Å². The third-order valence-corrected chi connectivity index (χ3v) is 4.80. The van der Waals surface area contributed by atoms with Gasteiger partial charge in [-0.25, -0.2) is 26.3 Å². The Hall–Kier alpha value is -2.43. The predicted molar refractivity (Wildman–Crippen MR) is 89.8 cm³/mol. The van der Waals surface area contributed by atoms with E-state index in [9.17, 15) is 26.4 Å². The molecule has 0 atom stereocenters. The van der Waals surface area contributed by atoms with Gasteiger partial charge in [0, 0.05) is 24.8 Å². The van der Waals surface area contributed by atoms with Crippen molar-refractivity contribution in [2.24, 2.45) is 0 Å². The van der Waals surface area contributed by atoms with E-state index in [-0.39, 0.29) is 17.1 Å². The Morgan fingerprint density at radius 2 is 1.65 bits per heavy atom. The Balaban J connectivity index is 2.25. The van der Waals surface area contributed by atoms with Gasteiger partial charge in [-0.2, -0.15) is 0 Å². The summed E-state index contributed by atoms with van der Waals surface area (Å²) in [6.45, 7) is 0.483. The topological polar surface area (TPSA) is 87.3 Å². The smallest absolute Gasteiger partial charge is 0.258 e. The molecule has 2 aromatic rings. The fourth-order valence-electron chi connectivity index (χ4n) is 2.01. The number of sulfonamides is 1. The van der Waals surface area contributed by atoms with Gasteiger partial charge in [0.25, 0.3) is 5.91 Å². The Bertz CT molecular complexity index is 920. The van der Waals surface area contributed by atoms with Gasteiger partial charge in [0.2, 0.25) is 10.0 Å². The number of anilines is 1. The van der Waals surface area contributed by atoms with Crippen LogP contribution in [0.25, 0.3) is 0 Å². The van der Waals surface area contributed by atoms with E-state index in [2.05, 4.69) is 15.4 Å². The summed E-state index contributed by atoms with van der Waals surface area (Å²) in [7, 11) is -2.29. The quantitative estimate of drug-likeness (QED) is 0.633. The van der Waals surface area contributed by atoms with E-state index in [0.29, 0.717) is 6.54 Å². The molecular weight excluding hydrogens is 371 g/mol. The van der Waals surface area contributed by atoms with Gasteiger partial charge >= 0.3 is 0 Å². The lowest BCUT2D eigenvalue weighted by Gasteiger charge is -2.10. The monoisotopic (exact) mass is 387 g/mol. The molecular formula is C16H16F3N3O3S. The molecule has 2 aromatic carbocycles. The van der Waals surface area contributed by atoms with Crippen molar-refractivity contribution < 1.29 is 26.4 Å². The average Bonchev–Trinajstić information content (AvgIpc) is 2.58. The van der Waals surface area contributed by atoms with E-state index in [1.54, 1.807) is 7.05 Å². The van der Waals surface area contributed by atoms with Gasteiger partial charge < -0.3 is 10.6 Å². The van der Waals surface area contributed by atoms with Crippen LogP contribution in [0.3, 0.4) is 0 Å². The number of carbonyl (C=O) groups is 1. The first kappa shape index (κ1) is 19.9. The molecule has 1 amide bonds. The number of hydrogen-bond donors (Lipinski definition) is 3. The van der Waals surface area contributed by atoms with Gasteiger partial charge in [-0.05, 0) is 37.4 Å². The highest BCUT2D eigenvalue weighted by Crippen LogP contribution is 2.18. The number of nitrogens with one attached hydrogen (secondary N) is 3. The molecule has 0 aliphatic heterocycles. The van der Waals surface area contributed by atoms with Crippen LogP contribution in [0.2, 0.25) is 0 Å². The van der Waals surface area contributed by atoms with E-state index >= 15 is 0 Å². The molecule has 140 valence electrons. The zero-order chi connectivity index (χ0) is 19.3. The zero-order valence-corrected chi connectivity index (χ0v) is 14.5. The summed E-state index contributed by atoms with van der Waals surface area (Å²) in [5.74, 6) is -4.25. The number of likely N-dealkylation sites (N-methyl/N-ethyl adjacent to an activating group) is 1. The molecule has 0 aliphatic carbocycles. The van der Waals surface area contributed by atoms with Gasteiger partial charge in [0.1, 0.15) is 5.82 Å². The molecule has 0 fully saturated rings. The first-order valence-corrected chi connectivity index (χ1v) is 8.93. The Morgan fingerprint density at radius 1 is 0.962 bits per heavy atom. The lowest BCUT2D eigenvalue weighted by atomic mass is 10.2. The SMILES string of the molecule is CNCCNS(=O)(=O)c1ccc(F)c(C(=O)Nc2ccc(F)c(F)c2)c1. The van der Waals surface area contributed by atoms with Crippen LogP contribution in [0, 0.1) is 17.5 Å². The highest BCUT2D eigenvalue weighted by atomic mass is 32.2. The summed E-state index contributed by atoms with van der Waals surface area (Å²) < 4.78 is 66.6. The highest BCUT2D eigenvalue weighted by Gasteiger charge is 2.19. The summed E-state index contributed by atoms with van der Waals surface area (Å²) >= 11 is 0. The van der Waals surface area contributed by atoms with Crippen LogP contribution in [0.5, 0.6) is 0 Å². The molecule has 0 saturated carbocycles. The van der Waals surface area contributed by atoms with Crippen LogP contribution in [0.1, 0.15) is 10.4 Å². The minimum Gasteiger partial charge on any atom is -0.322 e. The molecule has 6 nitrogen and oxygen atoms in total. The number of carbonyl (C=O) groups excluding carboxylic acids is 1. The minimum atomic E-state index is -3.94.